The molecule has 0 radical (unpaired) electrons. The molecule has 10 heteroatoms. The quantitative estimate of drug-likeness (QED) is 0.659. The molecule has 0 amide bonds. The molecule has 0 saturated heterocycles. The number of phenols is 1. The van der Waals surface area contributed by atoms with Gasteiger partial charge in [0.2, 0.25) is 0 Å². The summed E-state index contributed by atoms with van der Waals surface area (Å²) in [5, 5.41) is 13.7. The molecular formula is C18H14Cl2FN3O4. The van der Waals surface area contributed by atoms with Gasteiger partial charge in [0.1, 0.15) is 23.4 Å². The van der Waals surface area contributed by atoms with Gasteiger partial charge in [0.25, 0.3) is 5.56 Å². The van der Waals surface area contributed by atoms with Gasteiger partial charge in [-0.05, 0) is 44.2 Å². The van der Waals surface area contributed by atoms with Gasteiger partial charge in [-0.1, -0.05) is 23.2 Å². The lowest BCUT2D eigenvalue weighted by Gasteiger charge is -2.18. The molecule has 2 N–H and O–H groups in total. The van der Waals surface area contributed by atoms with Crippen molar-refractivity contribution < 1.29 is 14.2 Å². The molecule has 0 aliphatic heterocycles. The average molecular weight is 426 g/mol. The minimum absolute atomic E-state index is 0.0397. The lowest BCUT2D eigenvalue weighted by atomic mass is 9.99. The minimum Gasteiger partial charge on any atom is -0.508 e. The van der Waals surface area contributed by atoms with Crippen molar-refractivity contribution in [3.8, 4) is 22.9 Å². The Kier molecular flexibility index (Phi) is 5.18. The second-order valence-corrected chi connectivity index (χ2v) is 7.16. The number of hydrogen-bond acceptors (Lipinski definition) is 5. The van der Waals surface area contributed by atoms with Crippen molar-refractivity contribution in [2.75, 3.05) is 0 Å². The molecule has 0 spiro atoms. The number of hydrogen-bond donors (Lipinski definition) is 2. The van der Waals surface area contributed by atoms with E-state index in [4.69, 9.17) is 27.9 Å². The third kappa shape index (κ3) is 4.02. The molecule has 3 aromatic rings. The van der Waals surface area contributed by atoms with Crippen LogP contribution in [0.15, 0.2) is 46.1 Å². The van der Waals surface area contributed by atoms with E-state index < -0.39 is 16.9 Å². The van der Waals surface area contributed by atoms with Gasteiger partial charge in [-0.2, -0.15) is 9.78 Å². The molecule has 0 bridgehead atoms. The first kappa shape index (κ1) is 19.9. The van der Waals surface area contributed by atoms with E-state index in [-0.39, 0.29) is 38.5 Å². The topological polar surface area (TPSA) is 97.2 Å². The molecule has 0 saturated carbocycles. The highest BCUT2D eigenvalue weighted by molar-refractivity contribution is 6.37. The van der Waals surface area contributed by atoms with Crippen LogP contribution in [0.1, 0.15) is 19.4 Å². The van der Waals surface area contributed by atoms with Crippen LogP contribution in [0, 0.1) is 0 Å². The maximum Gasteiger partial charge on any atom is 0.349 e. The Labute approximate surface area is 167 Å². The first-order valence-electron chi connectivity index (χ1n) is 7.94. The number of aromatic hydroxyl groups is 1. The number of phenolic OH excluding ortho intramolecular Hbond substituents is 1. The lowest BCUT2D eigenvalue weighted by molar-refractivity contribution is 0.214. The fraction of sp³-hybridized carbons (Fsp3) is 0.167. The van der Waals surface area contributed by atoms with E-state index in [9.17, 15) is 19.1 Å². The standard InChI is InChI=1S/C18H14Cl2FN3O4/c1-18(2,21)11-7-10(3-4-14(11)25)28-16-12(19)5-9(6-13(16)20)24-17(27)23-15(26)8-22-24/h3-8,25H,1-2H3,(H,23,26,27). The van der Waals surface area contributed by atoms with Crippen molar-refractivity contribution in [1.29, 1.82) is 0 Å². The predicted molar refractivity (Wildman–Crippen MR) is 103 cm³/mol. The number of rotatable bonds is 4. The minimum atomic E-state index is -1.79. The molecule has 0 atom stereocenters. The van der Waals surface area contributed by atoms with Gasteiger partial charge in [0.05, 0.1) is 15.7 Å². The van der Waals surface area contributed by atoms with Gasteiger partial charge in [0, 0.05) is 5.56 Å². The highest BCUT2D eigenvalue weighted by atomic mass is 35.5. The van der Waals surface area contributed by atoms with Crippen LogP contribution in [0.3, 0.4) is 0 Å². The summed E-state index contributed by atoms with van der Waals surface area (Å²) in [6.45, 7) is 2.60. The van der Waals surface area contributed by atoms with Crippen LogP contribution in [-0.2, 0) is 5.67 Å². The summed E-state index contributed by atoms with van der Waals surface area (Å²) in [5.41, 5.74) is -2.95. The number of H-pyrrole nitrogens is 1. The zero-order valence-electron chi connectivity index (χ0n) is 14.7. The fourth-order valence-corrected chi connectivity index (χ4v) is 3.03. The molecule has 146 valence electrons. The Balaban J connectivity index is 2.01. The summed E-state index contributed by atoms with van der Waals surface area (Å²) in [5.74, 6) is 0.0585. The molecule has 2 aromatic carbocycles. The van der Waals surface area contributed by atoms with Crippen molar-refractivity contribution in [2.24, 2.45) is 0 Å². The van der Waals surface area contributed by atoms with Crippen LogP contribution in [0.2, 0.25) is 10.0 Å². The maximum absolute atomic E-state index is 14.2. The second kappa shape index (κ2) is 7.29. The van der Waals surface area contributed by atoms with Crippen LogP contribution in [0.4, 0.5) is 4.39 Å². The Bertz CT molecular complexity index is 1150. The van der Waals surface area contributed by atoms with Crippen LogP contribution in [0.25, 0.3) is 5.69 Å². The second-order valence-electron chi connectivity index (χ2n) is 6.34. The number of benzene rings is 2. The summed E-state index contributed by atoms with van der Waals surface area (Å²) in [6.07, 6.45) is 0.935. The van der Waals surface area contributed by atoms with Crippen molar-refractivity contribution in [1.82, 2.24) is 14.8 Å². The summed E-state index contributed by atoms with van der Waals surface area (Å²) in [7, 11) is 0. The monoisotopic (exact) mass is 425 g/mol. The van der Waals surface area contributed by atoms with Crippen LogP contribution >= 0.6 is 23.2 Å². The predicted octanol–water partition coefficient (Wildman–Crippen LogP) is 3.93. The number of aromatic amines is 1. The van der Waals surface area contributed by atoms with Crippen molar-refractivity contribution >= 4 is 23.2 Å². The summed E-state index contributed by atoms with van der Waals surface area (Å²) < 4.78 is 20.8. The van der Waals surface area contributed by atoms with Crippen molar-refractivity contribution in [3.63, 3.8) is 0 Å². The maximum atomic E-state index is 14.2. The summed E-state index contributed by atoms with van der Waals surface area (Å²) in [6, 6.07) is 6.81. The smallest absolute Gasteiger partial charge is 0.349 e. The number of nitrogens with zero attached hydrogens (tertiary/aromatic N) is 2. The average Bonchev–Trinajstić information content (AvgIpc) is 2.58. The largest absolute Gasteiger partial charge is 0.508 e. The van der Waals surface area contributed by atoms with E-state index in [1.807, 2.05) is 0 Å². The molecule has 0 fully saturated rings. The molecule has 7 nitrogen and oxygen atoms in total. The van der Waals surface area contributed by atoms with E-state index in [0.29, 0.717) is 0 Å². The van der Waals surface area contributed by atoms with Crippen molar-refractivity contribution in [2.45, 2.75) is 19.5 Å². The van der Waals surface area contributed by atoms with Gasteiger partial charge >= 0.3 is 5.69 Å². The first-order valence-corrected chi connectivity index (χ1v) is 8.70. The van der Waals surface area contributed by atoms with Crippen LogP contribution in [-0.4, -0.2) is 19.9 Å². The molecule has 0 aliphatic rings. The Morgan fingerprint density at radius 3 is 2.39 bits per heavy atom. The lowest BCUT2D eigenvalue weighted by Crippen LogP contribution is -2.30. The SMILES string of the molecule is CC(C)(F)c1cc(Oc2c(Cl)cc(-n3ncc(=O)[nH]c3=O)cc2Cl)ccc1O. The zero-order chi connectivity index (χ0) is 20.6. The zero-order valence-corrected chi connectivity index (χ0v) is 16.2. The van der Waals surface area contributed by atoms with Gasteiger partial charge < -0.3 is 9.84 Å². The highest BCUT2D eigenvalue weighted by Gasteiger charge is 2.24. The summed E-state index contributed by atoms with van der Waals surface area (Å²) in [4.78, 5) is 25.1. The number of alkyl halides is 1. The van der Waals surface area contributed by atoms with E-state index in [2.05, 4.69) is 10.1 Å². The molecule has 28 heavy (non-hydrogen) atoms. The fourth-order valence-electron chi connectivity index (χ4n) is 2.48. The normalized spacial score (nSPS) is 11.5. The van der Waals surface area contributed by atoms with E-state index in [1.165, 1.54) is 44.2 Å². The summed E-state index contributed by atoms with van der Waals surface area (Å²) >= 11 is 12.5. The van der Waals surface area contributed by atoms with Gasteiger partial charge in [-0.25, -0.2) is 9.18 Å². The molecule has 0 unspecified atom stereocenters. The number of nitrogens with one attached hydrogen (secondary N) is 1. The van der Waals surface area contributed by atoms with E-state index in [1.54, 1.807) is 0 Å². The van der Waals surface area contributed by atoms with E-state index in [0.717, 1.165) is 10.9 Å². The molecular weight excluding hydrogens is 412 g/mol. The molecule has 3 rings (SSSR count). The van der Waals surface area contributed by atoms with Crippen LogP contribution < -0.4 is 16.0 Å². The molecule has 1 heterocycles. The van der Waals surface area contributed by atoms with Crippen molar-refractivity contribution in [3.05, 3.63) is 73.0 Å². The number of aromatic nitrogens is 3. The molecule has 0 aliphatic carbocycles. The number of halogens is 3. The van der Waals surface area contributed by atoms with Gasteiger partial charge in [-0.15, -0.1) is 0 Å². The third-order valence-corrected chi connectivity index (χ3v) is 4.33. The number of ether oxygens (including phenoxy) is 1. The van der Waals surface area contributed by atoms with Crippen LogP contribution in [0.5, 0.6) is 17.2 Å². The highest BCUT2D eigenvalue weighted by Crippen LogP contribution is 2.40. The van der Waals surface area contributed by atoms with E-state index >= 15 is 0 Å². The molecule has 1 aromatic heterocycles. The Morgan fingerprint density at radius 1 is 1.18 bits per heavy atom. The Hall–Kier alpha value is -2.84. The third-order valence-electron chi connectivity index (χ3n) is 3.77. The Morgan fingerprint density at radius 2 is 1.82 bits per heavy atom. The van der Waals surface area contributed by atoms with Gasteiger partial charge in [-0.3, -0.25) is 9.78 Å². The first-order chi connectivity index (χ1) is 13.1. The van der Waals surface area contributed by atoms with Gasteiger partial charge in [0.15, 0.2) is 5.75 Å².